The lowest BCUT2D eigenvalue weighted by Gasteiger charge is -2.26. The molecule has 0 unspecified atom stereocenters. The predicted molar refractivity (Wildman–Crippen MR) is 130 cm³/mol. The number of nitrogens with zero attached hydrogens (tertiary/aromatic N) is 1. The molecule has 32 heavy (non-hydrogen) atoms. The van der Waals surface area contributed by atoms with E-state index in [0.29, 0.717) is 23.7 Å². The molecule has 168 valence electrons. The highest BCUT2D eigenvalue weighted by atomic mass is 35.5. The first-order valence-electron chi connectivity index (χ1n) is 10.6. The standard InChI is InChI=1S/C25H27ClN2O3S/c1-2-21-10-6-7-13-24(21)28(32(30,31)23-11-4-3-5-12-23)19-25(29)27-18-8-9-20-14-16-22(26)17-15-20/h3-7,10-17H,2,8-9,18-19H2,1H3,(H,27,29). The molecule has 0 aliphatic heterocycles. The second-order valence-corrected chi connectivity index (χ2v) is 9.69. The van der Waals surface area contributed by atoms with Gasteiger partial charge in [0.05, 0.1) is 10.6 Å². The van der Waals surface area contributed by atoms with Gasteiger partial charge in [0.1, 0.15) is 6.54 Å². The molecule has 3 aromatic carbocycles. The van der Waals surface area contributed by atoms with E-state index in [1.165, 1.54) is 4.31 Å². The number of halogens is 1. The minimum atomic E-state index is -3.90. The van der Waals surface area contributed by atoms with Crippen molar-refractivity contribution in [1.82, 2.24) is 5.32 Å². The maximum Gasteiger partial charge on any atom is 0.264 e. The minimum Gasteiger partial charge on any atom is -0.355 e. The Hall–Kier alpha value is -2.83. The Morgan fingerprint density at radius 1 is 0.938 bits per heavy atom. The third kappa shape index (κ3) is 6.11. The van der Waals surface area contributed by atoms with Crippen molar-refractivity contribution < 1.29 is 13.2 Å². The number of aryl methyl sites for hydroxylation is 2. The van der Waals surface area contributed by atoms with Crippen molar-refractivity contribution in [2.45, 2.75) is 31.1 Å². The van der Waals surface area contributed by atoms with Crippen molar-refractivity contribution in [3.63, 3.8) is 0 Å². The number of amides is 1. The molecule has 0 aliphatic rings. The Kier molecular flexibility index (Phi) is 8.31. The van der Waals surface area contributed by atoms with Gasteiger partial charge in [-0.1, -0.05) is 67.1 Å². The molecule has 0 atom stereocenters. The smallest absolute Gasteiger partial charge is 0.264 e. The Morgan fingerprint density at radius 3 is 2.28 bits per heavy atom. The number of anilines is 1. The topological polar surface area (TPSA) is 66.5 Å². The number of benzene rings is 3. The molecule has 0 bridgehead atoms. The summed E-state index contributed by atoms with van der Waals surface area (Å²) < 4.78 is 28.0. The van der Waals surface area contributed by atoms with Gasteiger partial charge in [-0.15, -0.1) is 0 Å². The molecule has 0 aliphatic carbocycles. The van der Waals surface area contributed by atoms with Gasteiger partial charge in [0.25, 0.3) is 10.0 Å². The van der Waals surface area contributed by atoms with E-state index in [4.69, 9.17) is 11.6 Å². The zero-order valence-corrected chi connectivity index (χ0v) is 19.6. The van der Waals surface area contributed by atoms with E-state index >= 15 is 0 Å². The molecule has 0 saturated carbocycles. The second kappa shape index (κ2) is 11.2. The average molecular weight is 471 g/mol. The van der Waals surface area contributed by atoms with Gasteiger partial charge in [-0.3, -0.25) is 9.10 Å². The second-order valence-electron chi connectivity index (χ2n) is 7.39. The van der Waals surface area contributed by atoms with Crippen molar-refractivity contribution in [3.8, 4) is 0 Å². The molecule has 0 heterocycles. The van der Waals surface area contributed by atoms with Crippen LogP contribution in [0, 0.1) is 0 Å². The van der Waals surface area contributed by atoms with Crippen LogP contribution in [-0.4, -0.2) is 27.4 Å². The number of sulfonamides is 1. The lowest BCUT2D eigenvalue weighted by Crippen LogP contribution is -2.41. The largest absolute Gasteiger partial charge is 0.355 e. The van der Waals surface area contributed by atoms with Crippen LogP contribution >= 0.6 is 11.6 Å². The molecule has 3 rings (SSSR count). The van der Waals surface area contributed by atoms with Gasteiger partial charge in [0.2, 0.25) is 5.91 Å². The SMILES string of the molecule is CCc1ccccc1N(CC(=O)NCCCc1ccc(Cl)cc1)S(=O)(=O)c1ccccc1. The monoisotopic (exact) mass is 470 g/mol. The number of hydrogen-bond donors (Lipinski definition) is 1. The van der Waals surface area contributed by atoms with Crippen LogP contribution in [0.2, 0.25) is 5.02 Å². The Balaban J connectivity index is 1.72. The van der Waals surface area contributed by atoms with E-state index in [2.05, 4.69) is 5.32 Å². The van der Waals surface area contributed by atoms with Gasteiger partial charge in [0, 0.05) is 11.6 Å². The first kappa shape index (κ1) is 23.8. The summed E-state index contributed by atoms with van der Waals surface area (Å²) in [6.07, 6.45) is 2.19. The normalized spacial score (nSPS) is 11.2. The lowest BCUT2D eigenvalue weighted by atomic mass is 10.1. The molecule has 0 fully saturated rings. The van der Waals surface area contributed by atoms with Crippen LogP contribution in [0.1, 0.15) is 24.5 Å². The molecular formula is C25H27ClN2O3S. The predicted octanol–water partition coefficient (Wildman–Crippen LogP) is 4.85. The van der Waals surface area contributed by atoms with Crippen molar-refractivity contribution in [1.29, 1.82) is 0 Å². The minimum absolute atomic E-state index is 0.154. The molecule has 7 heteroatoms. The van der Waals surface area contributed by atoms with Crippen molar-refractivity contribution in [2.75, 3.05) is 17.4 Å². The highest BCUT2D eigenvalue weighted by Gasteiger charge is 2.28. The van der Waals surface area contributed by atoms with Gasteiger partial charge in [-0.05, 0) is 60.7 Å². The van der Waals surface area contributed by atoms with E-state index in [-0.39, 0.29) is 17.3 Å². The quantitative estimate of drug-likeness (QED) is 0.431. The van der Waals surface area contributed by atoms with Crippen LogP contribution in [-0.2, 0) is 27.7 Å². The van der Waals surface area contributed by atoms with E-state index in [0.717, 1.165) is 24.0 Å². The summed E-state index contributed by atoms with van der Waals surface area (Å²) in [5, 5.41) is 3.54. The number of carbonyl (C=O) groups excluding carboxylic acids is 1. The number of para-hydroxylation sites is 1. The fourth-order valence-corrected chi connectivity index (χ4v) is 5.04. The van der Waals surface area contributed by atoms with E-state index in [1.807, 2.05) is 43.3 Å². The zero-order chi connectivity index (χ0) is 23.0. The van der Waals surface area contributed by atoms with Crippen LogP contribution in [0.15, 0.2) is 83.8 Å². The number of carbonyl (C=O) groups is 1. The molecule has 5 nitrogen and oxygen atoms in total. The Bertz CT molecular complexity index is 1130. The molecule has 3 aromatic rings. The zero-order valence-electron chi connectivity index (χ0n) is 18.0. The summed E-state index contributed by atoms with van der Waals surface area (Å²) >= 11 is 5.91. The molecule has 0 spiro atoms. The van der Waals surface area contributed by atoms with Crippen molar-refractivity contribution >= 4 is 33.2 Å². The summed E-state index contributed by atoms with van der Waals surface area (Å²) in [4.78, 5) is 12.9. The van der Waals surface area contributed by atoms with Gasteiger partial charge in [-0.25, -0.2) is 8.42 Å². The average Bonchev–Trinajstić information content (AvgIpc) is 2.82. The summed E-state index contributed by atoms with van der Waals surface area (Å²) in [6, 6.07) is 23.1. The van der Waals surface area contributed by atoms with E-state index < -0.39 is 10.0 Å². The summed E-state index contributed by atoms with van der Waals surface area (Å²) in [5.41, 5.74) is 2.52. The molecule has 1 N–H and O–H groups in total. The Morgan fingerprint density at radius 2 is 1.59 bits per heavy atom. The van der Waals surface area contributed by atoms with Gasteiger partial charge < -0.3 is 5.32 Å². The maximum absolute atomic E-state index is 13.4. The van der Waals surface area contributed by atoms with Crippen LogP contribution in [0.5, 0.6) is 0 Å². The first-order chi connectivity index (χ1) is 15.4. The maximum atomic E-state index is 13.4. The lowest BCUT2D eigenvalue weighted by molar-refractivity contribution is -0.119. The van der Waals surface area contributed by atoms with Crippen LogP contribution in [0.3, 0.4) is 0 Å². The fourth-order valence-electron chi connectivity index (χ4n) is 3.43. The van der Waals surface area contributed by atoms with Crippen LogP contribution in [0.4, 0.5) is 5.69 Å². The molecule has 0 saturated heterocycles. The van der Waals surface area contributed by atoms with Gasteiger partial charge >= 0.3 is 0 Å². The number of nitrogens with one attached hydrogen (secondary N) is 1. The molecule has 0 aromatic heterocycles. The fraction of sp³-hybridized carbons (Fsp3) is 0.240. The molecule has 0 radical (unpaired) electrons. The summed E-state index contributed by atoms with van der Waals surface area (Å²) in [6.45, 7) is 2.13. The molecule has 1 amide bonds. The Labute approximate surface area is 195 Å². The van der Waals surface area contributed by atoms with Gasteiger partial charge in [0.15, 0.2) is 0 Å². The highest BCUT2D eigenvalue weighted by molar-refractivity contribution is 7.92. The third-order valence-electron chi connectivity index (χ3n) is 5.14. The van der Waals surface area contributed by atoms with Crippen molar-refractivity contribution in [3.05, 3.63) is 95.0 Å². The van der Waals surface area contributed by atoms with E-state index in [9.17, 15) is 13.2 Å². The highest BCUT2D eigenvalue weighted by Crippen LogP contribution is 2.27. The first-order valence-corrected chi connectivity index (χ1v) is 12.4. The van der Waals surface area contributed by atoms with Crippen LogP contribution in [0.25, 0.3) is 0 Å². The van der Waals surface area contributed by atoms with E-state index in [1.54, 1.807) is 42.5 Å². The van der Waals surface area contributed by atoms with Crippen molar-refractivity contribution in [2.24, 2.45) is 0 Å². The van der Waals surface area contributed by atoms with Gasteiger partial charge in [-0.2, -0.15) is 0 Å². The summed E-state index contributed by atoms with van der Waals surface area (Å²) in [5.74, 6) is -0.341. The number of hydrogen-bond acceptors (Lipinski definition) is 3. The number of rotatable bonds is 10. The molecular weight excluding hydrogens is 444 g/mol. The summed E-state index contributed by atoms with van der Waals surface area (Å²) in [7, 11) is -3.90. The van der Waals surface area contributed by atoms with Crippen LogP contribution < -0.4 is 9.62 Å². The third-order valence-corrected chi connectivity index (χ3v) is 7.16.